The highest BCUT2D eigenvalue weighted by Gasteiger charge is 2.60. The highest BCUT2D eigenvalue weighted by molar-refractivity contribution is 5.93. The third kappa shape index (κ3) is 3.97. The second-order valence-electron chi connectivity index (χ2n) is 9.57. The summed E-state index contributed by atoms with van der Waals surface area (Å²) < 4.78 is 15.9. The number of rotatable bonds is 7. The molecule has 0 saturated heterocycles. The molecule has 32 heavy (non-hydrogen) atoms. The summed E-state index contributed by atoms with van der Waals surface area (Å²) in [6.45, 7) is -0.143. The molecule has 9 nitrogen and oxygen atoms in total. The number of nitrogens with zero attached hydrogens (tertiary/aromatic N) is 2. The molecule has 1 heterocycles. The molecule has 4 aliphatic rings. The van der Waals surface area contributed by atoms with Crippen molar-refractivity contribution in [1.29, 1.82) is 0 Å². The lowest BCUT2D eigenvalue weighted by molar-refractivity contribution is -0.197. The predicted octanol–water partition coefficient (Wildman–Crippen LogP) is 2.63. The number of amides is 1. The molecule has 1 aromatic carbocycles. The molecule has 6 rings (SSSR count). The minimum Gasteiger partial charge on any atom is -0.495 e. The van der Waals surface area contributed by atoms with Crippen LogP contribution in [-0.4, -0.2) is 39.8 Å². The van der Waals surface area contributed by atoms with Crippen molar-refractivity contribution in [1.82, 2.24) is 10.1 Å². The molecule has 4 fully saturated rings. The minimum atomic E-state index is -0.727. The minimum absolute atomic E-state index is 0.0875. The van der Waals surface area contributed by atoms with Crippen LogP contribution in [0.5, 0.6) is 5.75 Å². The first-order chi connectivity index (χ1) is 15.4. The highest BCUT2D eigenvalue weighted by Crippen LogP contribution is 2.62. The van der Waals surface area contributed by atoms with Gasteiger partial charge in [-0.1, -0.05) is 17.3 Å². The van der Waals surface area contributed by atoms with E-state index in [2.05, 4.69) is 15.5 Å². The first-order valence-corrected chi connectivity index (χ1v) is 11.0. The van der Waals surface area contributed by atoms with Gasteiger partial charge in [-0.05, 0) is 62.5 Å². The fourth-order valence-electron chi connectivity index (χ4n) is 6.24. The molecule has 2 atom stereocenters. The molecule has 4 aliphatic carbocycles. The summed E-state index contributed by atoms with van der Waals surface area (Å²) in [5, 5.41) is 17.4. The van der Waals surface area contributed by atoms with Crippen molar-refractivity contribution >= 4 is 17.6 Å². The van der Waals surface area contributed by atoms with E-state index in [9.17, 15) is 14.7 Å². The van der Waals surface area contributed by atoms with Gasteiger partial charge in [0.25, 0.3) is 5.89 Å². The number of methoxy groups -OCH3 is 1. The molecule has 2 N–H and O–H groups in total. The zero-order valence-corrected chi connectivity index (χ0v) is 18.0. The van der Waals surface area contributed by atoms with E-state index in [4.69, 9.17) is 14.0 Å². The van der Waals surface area contributed by atoms with Crippen LogP contribution in [0.1, 0.15) is 50.2 Å². The zero-order valence-electron chi connectivity index (χ0n) is 18.0. The van der Waals surface area contributed by atoms with Crippen LogP contribution in [0, 0.1) is 17.3 Å². The first-order valence-electron chi connectivity index (χ1n) is 11.0. The molecule has 2 aromatic rings. The van der Waals surface area contributed by atoms with Crippen LogP contribution in [-0.2, 0) is 27.4 Å². The Kier molecular flexibility index (Phi) is 5.16. The summed E-state index contributed by atoms with van der Waals surface area (Å²) in [6.07, 6.45) is 4.64. The van der Waals surface area contributed by atoms with Gasteiger partial charge in [0.2, 0.25) is 5.91 Å². The molecule has 9 heteroatoms. The number of carbonyl (C=O) groups excluding carboxylic acids is 2. The summed E-state index contributed by atoms with van der Waals surface area (Å²) >= 11 is 0. The Labute approximate surface area is 185 Å². The number of para-hydroxylation sites is 2. The second kappa shape index (κ2) is 7.88. The van der Waals surface area contributed by atoms with Crippen molar-refractivity contribution in [2.45, 2.75) is 57.2 Å². The van der Waals surface area contributed by atoms with Crippen LogP contribution in [0.2, 0.25) is 0 Å². The summed E-state index contributed by atoms with van der Waals surface area (Å²) in [5.74, 6) is 1.07. The molecule has 4 saturated carbocycles. The highest BCUT2D eigenvalue weighted by atomic mass is 16.6. The lowest BCUT2D eigenvalue weighted by Crippen LogP contribution is -2.58. The third-order valence-electron chi connectivity index (χ3n) is 7.00. The van der Waals surface area contributed by atoms with Gasteiger partial charge in [-0.15, -0.1) is 0 Å². The predicted molar refractivity (Wildman–Crippen MR) is 111 cm³/mol. The van der Waals surface area contributed by atoms with Gasteiger partial charge in [0.15, 0.2) is 12.4 Å². The Bertz CT molecular complexity index is 1020. The van der Waals surface area contributed by atoms with E-state index in [1.807, 2.05) is 6.07 Å². The standard InChI is InChI=1S/C23H27N3O6/c1-30-17-5-3-2-4-16(17)24-19(27)7-18-25-20(32-26-18)12-31-21(28)22-8-14-6-15(9-22)11-23(29,10-14)13-22/h2-5,14-15,29H,6-13H2,1H3,(H,24,27)/t14-,15-,22?,23?/m1/s1. The molecule has 1 amide bonds. The molecule has 0 radical (unpaired) electrons. The molecule has 0 spiro atoms. The summed E-state index contributed by atoms with van der Waals surface area (Å²) in [7, 11) is 1.53. The SMILES string of the molecule is COc1ccccc1NC(=O)Cc1noc(COC(=O)C23C[C@H]4C[C@@H](CC(O)(C4)C2)C3)n1. The van der Waals surface area contributed by atoms with Crippen LogP contribution >= 0.6 is 0 Å². The maximum absolute atomic E-state index is 13.0. The molecule has 170 valence electrons. The van der Waals surface area contributed by atoms with Crippen LogP contribution in [0.4, 0.5) is 5.69 Å². The Hall–Kier alpha value is -2.94. The van der Waals surface area contributed by atoms with Crippen LogP contribution < -0.4 is 10.1 Å². The Balaban J connectivity index is 1.16. The number of ether oxygens (including phenoxy) is 2. The van der Waals surface area contributed by atoms with Gasteiger partial charge in [-0.25, -0.2) is 0 Å². The lowest BCUT2D eigenvalue weighted by atomic mass is 9.48. The molecule has 1 aromatic heterocycles. The average Bonchev–Trinajstić information content (AvgIpc) is 3.17. The second-order valence-corrected chi connectivity index (χ2v) is 9.57. The zero-order chi connectivity index (χ0) is 22.3. The number of aromatic nitrogens is 2. The quantitative estimate of drug-likeness (QED) is 0.629. The van der Waals surface area contributed by atoms with Gasteiger partial charge >= 0.3 is 5.97 Å². The van der Waals surface area contributed by atoms with E-state index in [1.165, 1.54) is 7.11 Å². The van der Waals surface area contributed by atoms with E-state index in [1.54, 1.807) is 18.2 Å². The van der Waals surface area contributed by atoms with Gasteiger partial charge in [0, 0.05) is 0 Å². The number of anilines is 1. The van der Waals surface area contributed by atoms with Crippen molar-refractivity contribution < 1.29 is 28.7 Å². The largest absolute Gasteiger partial charge is 0.495 e. The molecule has 0 unspecified atom stereocenters. The van der Waals surface area contributed by atoms with E-state index in [0.717, 1.165) is 32.1 Å². The summed E-state index contributed by atoms with van der Waals surface area (Å²) in [6, 6.07) is 7.09. The topological polar surface area (TPSA) is 124 Å². The first kappa shape index (κ1) is 20.9. The van der Waals surface area contributed by atoms with Crippen LogP contribution in [0.3, 0.4) is 0 Å². The van der Waals surface area contributed by atoms with Crippen molar-refractivity contribution in [3.8, 4) is 5.75 Å². The summed E-state index contributed by atoms with van der Waals surface area (Å²) in [4.78, 5) is 29.4. The van der Waals surface area contributed by atoms with Crippen molar-refractivity contribution in [3.05, 3.63) is 36.0 Å². The Morgan fingerprint density at radius 3 is 2.69 bits per heavy atom. The number of nitrogens with one attached hydrogen (secondary N) is 1. The fraction of sp³-hybridized carbons (Fsp3) is 0.565. The van der Waals surface area contributed by atoms with Gasteiger partial charge < -0.3 is 24.4 Å². The average molecular weight is 441 g/mol. The third-order valence-corrected chi connectivity index (χ3v) is 7.00. The summed E-state index contributed by atoms with van der Waals surface area (Å²) in [5.41, 5.74) is -0.777. The Morgan fingerprint density at radius 1 is 1.22 bits per heavy atom. The number of hydrogen-bond donors (Lipinski definition) is 2. The van der Waals surface area contributed by atoms with Gasteiger partial charge in [0.05, 0.1) is 30.2 Å². The monoisotopic (exact) mass is 441 g/mol. The number of esters is 1. The fourth-order valence-corrected chi connectivity index (χ4v) is 6.24. The van der Waals surface area contributed by atoms with E-state index >= 15 is 0 Å². The van der Waals surface area contributed by atoms with Gasteiger partial charge in [-0.2, -0.15) is 4.98 Å². The molecular weight excluding hydrogens is 414 g/mol. The van der Waals surface area contributed by atoms with Crippen molar-refractivity contribution in [2.24, 2.45) is 17.3 Å². The Morgan fingerprint density at radius 2 is 1.97 bits per heavy atom. The maximum Gasteiger partial charge on any atom is 0.312 e. The molecular formula is C23H27N3O6. The van der Waals surface area contributed by atoms with Gasteiger partial charge in [-0.3, -0.25) is 9.59 Å². The van der Waals surface area contributed by atoms with E-state index in [0.29, 0.717) is 29.7 Å². The van der Waals surface area contributed by atoms with Crippen molar-refractivity contribution in [2.75, 3.05) is 12.4 Å². The van der Waals surface area contributed by atoms with Crippen LogP contribution in [0.25, 0.3) is 0 Å². The molecule has 0 aliphatic heterocycles. The van der Waals surface area contributed by atoms with Crippen molar-refractivity contribution in [3.63, 3.8) is 0 Å². The lowest BCUT2D eigenvalue weighted by Gasteiger charge is -2.58. The van der Waals surface area contributed by atoms with Gasteiger partial charge in [0.1, 0.15) is 5.75 Å². The van der Waals surface area contributed by atoms with E-state index < -0.39 is 11.0 Å². The van der Waals surface area contributed by atoms with Crippen LogP contribution in [0.15, 0.2) is 28.8 Å². The smallest absolute Gasteiger partial charge is 0.312 e. The number of aliphatic hydroxyl groups is 1. The maximum atomic E-state index is 13.0. The normalized spacial score (nSPS) is 30.2. The number of hydrogen-bond acceptors (Lipinski definition) is 8. The number of benzene rings is 1. The van der Waals surface area contributed by atoms with E-state index in [-0.39, 0.29) is 36.6 Å². The number of carbonyl (C=O) groups is 2. The molecule has 4 bridgehead atoms.